The molecule has 0 spiro atoms. The number of hydrogen-bond donors (Lipinski definition) is 3. The number of rotatable bonds is 9. The van der Waals surface area contributed by atoms with E-state index in [0.717, 1.165) is 34.8 Å². The Morgan fingerprint density at radius 2 is 2.10 bits per heavy atom. The summed E-state index contributed by atoms with van der Waals surface area (Å²) in [6.07, 6.45) is 1.91. The molecule has 2 heterocycles. The first kappa shape index (κ1) is 25.3. The van der Waals surface area contributed by atoms with Gasteiger partial charge in [-0.2, -0.15) is 0 Å². The molecule has 0 saturated heterocycles. The second-order valence-electron chi connectivity index (χ2n) is 7.07. The fourth-order valence-corrected chi connectivity index (χ4v) is 3.94. The Labute approximate surface area is 205 Å². The minimum atomic E-state index is -0.0240. The minimum Gasteiger partial charge on any atom is -0.494 e. The summed E-state index contributed by atoms with van der Waals surface area (Å²) >= 11 is 1.44. The highest BCUT2D eigenvalue weighted by Crippen LogP contribution is 2.35. The number of amides is 1. The van der Waals surface area contributed by atoms with Crippen LogP contribution in [-0.2, 0) is 13.0 Å². The summed E-state index contributed by atoms with van der Waals surface area (Å²) in [4.78, 5) is 16.9. The number of carbonyl (C=O) groups is 1. The number of aliphatic imine (C=N–C) groups is 1. The predicted molar refractivity (Wildman–Crippen MR) is 136 cm³/mol. The molecule has 1 aromatic carbocycles. The van der Waals surface area contributed by atoms with Crippen LogP contribution < -0.4 is 25.4 Å². The van der Waals surface area contributed by atoms with E-state index in [1.54, 1.807) is 7.05 Å². The Bertz CT molecular complexity index is 874. The zero-order chi connectivity index (χ0) is 21.3. The lowest BCUT2D eigenvalue weighted by atomic mass is 10.1. The largest absolute Gasteiger partial charge is 0.494 e. The van der Waals surface area contributed by atoms with Gasteiger partial charge in [0.2, 0.25) is 0 Å². The summed E-state index contributed by atoms with van der Waals surface area (Å²) in [5.74, 6) is 2.50. The van der Waals surface area contributed by atoms with E-state index < -0.39 is 0 Å². The summed E-state index contributed by atoms with van der Waals surface area (Å²) in [5, 5.41) is 11.4. The van der Waals surface area contributed by atoms with Gasteiger partial charge in [-0.15, -0.1) is 35.3 Å². The van der Waals surface area contributed by atoms with E-state index in [2.05, 4.69) is 40.0 Å². The fourth-order valence-electron chi connectivity index (χ4n) is 3.30. The monoisotopic (exact) mass is 558 g/mol. The van der Waals surface area contributed by atoms with Crippen molar-refractivity contribution < 1.29 is 14.3 Å². The minimum absolute atomic E-state index is 0. The zero-order valence-electron chi connectivity index (χ0n) is 18.2. The summed E-state index contributed by atoms with van der Waals surface area (Å²) in [6, 6.07) is 7.85. The van der Waals surface area contributed by atoms with Crippen molar-refractivity contribution in [3.8, 4) is 11.5 Å². The van der Waals surface area contributed by atoms with E-state index in [1.165, 1.54) is 16.9 Å². The van der Waals surface area contributed by atoms with Crippen LogP contribution in [-0.4, -0.2) is 44.7 Å². The Morgan fingerprint density at radius 3 is 2.81 bits per heavy atom. The molecule has 1 aliphatic heterocycles. The van der Waals surface area contributed by atoms with Crippen molar-refractivity contribution in [3.63, 3.8) is 0 Å². The molecule has 0 bridgehead atoms. The molecule has 0 aliphatic carbocycles. The molecule has 1 aromatic heterocycles. The van der Waals surface area contributed by atoms with Crippen molar-refractivity contribution in [1.29, 1.82) is 0 Å². The quantitative estimate of drug-likeness (QED) is 0.190. The average molecular weight is 558 g/mol. The molecule has 2 aromatic rings. The van der Waals surface area contributed by atoms with Crippen LogP contribution in [0.3, 0.4) is 0 Å². The van der Waals surface area contributed by atoms with Crippen molar-refractivity contribution in [1.82, 2.24) is 16.0 Å². The highest BCUT2D eigenvalue weighted by molar-refractivity contribution is 14.0. The van der Waals surface area contributed by atoms with Gasteiger partial charge in [-0.1, -0.05) is 6.07 Å². The Balaban J connectivity index is 0.00000341. The summed E-state index contributed by atoms with van der Waals surface area (Å²) in [5.41, 5.74) is 2.23. The van der Waals surface area contributed by atoms with E-state index in [4.69, 9.17) is 9.47 Å². The van der Waals surface area contributed by atoms with Crippen LogP contribution in [0.25, 0.3) is 0 Å². The first-order valence-corrected chi connectivity index (χ1v) is 11.2. The number of halogens is 1. The topological polar surface area (TPSA) is 84.0 Å². The van der Waals surface area contributed by atoms with E-state index in [0.29, 0.717) is 32.2 Å². The van der Waals surface area contributed by atoms with E-state index in [9.17, 15) is 4.79 Å². The lowest BCUT2D eigenvalue weighted by molar-refractivity contribution is 0.0957. The van der Waals surface area contributed by atoms with Crippen LogP contribution in [0.2, 0.25) is 0 Å². The molecule has 7 nitrogen and oxygen atoms in total. The SMILES string of the molecule is CCOc1cc2c(cc1CNC(=NC)NCCCNC(=O)c1cccs1)OC(C)C2.I. The van der Waals surface area contributed by atoms with Crippen molar-refractivity contribution >= 4 is 47.2 Å². The van der Waals surface area contributed by atoms with Crippen molar-refractivity contribution in [2.24, 2.45) is 4.99 Å². The fraction of sp³-hybridized carbons (Fsp3) is 0.455. The Kier molecular flexibility index (Phi) is 10.4. The first-order chi connectivity index (χ1) is 14.6. The molecular weight excluding hydrogens is 527 g/mol. The molecule has 170 valence electrons. The number of nitrogens with one attached hydrogen (secondary N) is 3. The molecule has 1 aliphatic rings. The lowest BCUT2D eigenvalue weighted by Gasteiger charge is -2.16. The predicted octanol–water partition coefficient (Wildman–Crippen LogP) is 3.57. The van der Waals surface area contributed by atoms with E-state index in [-0.39, 0.29) is 36.0 Å². The highest BCUT2D eigenvalue weighted by Gasteiger charge is 2.21. The molecule has 9 heteroatoms. The second kappa shape index (κ2) is 12.7. The maximum atomic E-state index is 11.9. The molecule has 1 unspecified atom stereocenters. The molecule has 0 fully saturated rings. The average Bonchev–Trinajstić information content (AvgIpc) is 3.39. The van der Waals surface area contributed by atoms with Gasteiger partial charge >= 0.3 is 0 Å². The Morgan fingerprint density at radius 1 is 1.29 bits per heavy atom. The first-order valence-electron chi connectivity index (χ1n) is 10.3. The number of benzene rings is 1. The van der Waals surface area contributed by atoms with Gasteiger partial charge < -0.3 is 25.4 Å². The number of carbonyl (C=O) groups excluding carboxylic acids is 1. The standard InChI is InChI=1S/C22H30N4O3S.HI/c1-4-28-18-12-16-11-15(2)29-19(16)13-17(18)14-26-22(23-3)25-9-6-8-24-21(27)20-7-5-10-30-20;/h5,7,10,12-13,15H,4,6,8-9,11,14H2,1-3H3,(H,24,27)(H2,23,25,26);1H. The van der Waals surface area contributed by atoms with Crippen LogP contribution in [0.4, 0.5) is 0 Å². The van der Waals surface area contributed by atoms with Gasteiger partial charge in [0, 0.05) is 44.2 Å². The van der Waals surface area contributed by atoms with E-state index in [1.807, 2.05) is 24.4 Å². The highest BCUT2D eigenvalue weighted by atomic mass is 127. The number of ether oxygens (including phenoxy) is 2. The summed E-state index contributed by atoms with van der Waals surface area (Å²) in [6.45, 7) is 6.57. The van der Waals surface area contributed by atoms with Gasteiger partial charge in [0.25, 0.3) is 5.91 Å². The van der Waals surface area contributed by atoms with Gasteiger partial charge in [0.1, 0.15) is 17.6 Å². The molecule has 3 N–H and O–H groups in total. The number of hydrogen-bond acceptors (Lipinski definition) is 5. The van der Waals surface area contributed by atoms with Crippen LogP contribution in [0.5, 0.6) is 11.5 Å². The third kappa shape index (κ3) is 7.27. The van der Waals surface area contributed by atoms with Gasteiger partial charge in [-0.05, 0) is 43.8 Å². The lowest BCUT2D eigenvalue weighted by Crippen LogP contribution is -2.38. The normalized spacial score (nSPS) is 14.8. The molecule has 0 saturated carbocycles. The summed E-state index contributed by atoms with van der Waals surface area (Å²) in [7, 11) is 1.74. The van der Waals surface area contributed by atoms with Crippen LogP contribution in [0.1, 0.15) is 41.1 Å². The van der Waals surface area contributed by atoms with Crippen molar-refractivity contribution in [2.45, 2.75) is 39.3 Å². The number of fused-ring (bicyclic) bond motifs is 1. The van der Waals surface area contributed by atoms with Gasteiger partial charge in [0.05, 0.1) is 11.5 Å². The maximum Gasteiger partial charge on any atom is 0.261 e. The van der Waals surface area contributed by atoms with Crippen LogP contribution >= 0.6 is 35.3 Å². The second-order valence-corrected chi connectivity index (χ2v) is 8.02. The Hall–Kier alpha value is -2.01. The number of thiophene rings is 1. The molecule has 3 rings (SSSR count). The van der Waals surface area contributed by atoms with Gasteiger partial charge in [-0.3, -0.25) is 9.79 Å². The smallest absolute Gasteiger partial charge is 0.261 e. The molecule has 1 atom stereocenters. The number of nitrogens with zero attached hydrogens (tertiary/aromatic N) is 1. The molecule has 31 heavy (non-hydrogen) atoms. The zero-order valence-corrected chi connectivity index (χ0v) is 21.3. The van der Waals surface area contributed by atoms with E-state index >= 15 is 0 Å². The van der Waals surface area contributed by atoms with Crippen LogP contribution in [0, 0.1) is 0 Å². The summed E-state index contributed by atoms with van der Waals surface area (Å²) < 4.78 is 11.7. The third-order valence-corrected chi connectivity index (χ3v) is 5.59. The van der Waals surface area contributed by atoms with Crippen LogP contribution in [0.15, 0.2) is 34.6 Å². The van der Waals surface area contributed by atoms with Gasteiger partial charge in [-0.25, -0.2) is 0 Å². The van der Waals surface area contributed by atoms with Gasteiger partial charge in [0.15, 0.2) is 5.96 Å². The third-order valence-electron chi connectivity index (χ3n) is 4.73. The molecule has 1 amide bonds. The van der Waals surface area contributed by atoms with Crippen molar-refractivity contribution in [3.05, 3.63) is 45.6 Å². The number of guanidine groups is 1. The maximum absolute atomic E-state index is 11.9. The molecule has 0 radical (unpaired) electrons. The van der Waals surface area contributed by atoms with Crippen molar-refractivity contribution in [2.75, 3.05) is 26.7 Å². The molecular formula is C22H31IN4O3S.